The Morgan fingerprint density at radius 3 is 2.62 bits per heavy atom. The summed E-state index contributed by atoms with van der Waals surface area (Å²) < 4.78 is 5.17. The van der Waals surface area contributed by atoms with Crippen LogP contribution in [0.1, 0.15) is 18.1 Å². The van der Waals surface area contributed by atoms with Gasteiger partial charge in [0, 0.05) is 6.04 Å². The minimum Gasteiger partial charge on any atom is -0.496 e. The van der Waals surface area contributed by atoms with Gasteiger partial charge in [-0.1, -0.05) is 12.1 Å². The second-order valence-electron chi connectivity index (χ2n) is 3.49. The summed E-state index contributed by atoms with van der Waals surface area (Å²) in [4.78, 5) is 0. The van der Waals surface area contributed by atoms with Crippen LogP contribution in [0, 0.1) is 6.92 Å². The third kappa shape index (κ3) is 2.74. The summed E-state index contributed by atoms with van der Waals surface area (Å²) in [5, 5.41) is 0. The Kier molecular flexibility index (Phi) is 3.32. The molecule has 1 aromatic rings. The van der Waals surface area contributed by atoms with Crippen LogP contribution >= 0.6 is 0 Å². The molecule has 2 nitrogen and oxygen atoms in total. The number of hydrogen-bond acceptors (Lipinski definition) is 2. The van der Waals surface area contributed by atoms with Crippen molar-refractivity contribution in [3.05, 3.63) is 29.3 Å². The molecule has 1 rings (SSSR count). The van der Waals surface area contributed by atoms with Crippen molar-refractivity contribution < 1.29 is 4.74 Å². The maximum absolute atomic E-state index is 5.71. The first kappa shape index (κ1) is 10.1. The summed E-state index contributed by atoms with van der Waals surface area (Å²) >= 11 is 0. The number of benzene rings is 1. The summed E-state index contributed by atoms with van der Waals surface area (Å²) in [6.07, 6.45) is 0.921. The topological polar surface area (TPSA) is 35.2 Å². The van der Waals surface area contributed by atoms with Crippen molar-refractivity contribution in [3.63, 3.8) is 0 Å². The van der Waals surface area contributed by atoms with Gasteiger partial charge in [-0.05, 0) is 37.5 Å². The first-order valence-electron chi connectivity index (χ1n) is 4.52. The van der Waals surface area contributed by atoms with Gasteiger partial charge in [-0.15, -0.1) is 0 Å². The van der Waals surface area contributed by atoms with E-state index in [0.29, 0.717) is 0 Å². The van der Waals surface area contributed by atoms with Gasteiger partial charge in [-0.3, -0.25) is 0 Å². The molecule has 1 unspecified atom stereocenters. The Bertz CT molecular complexity index is 281. The zero-order valence-electron chi connectivity index (χ0n) is 8.50. The maximum Gasteiger partial charge on any atom is 0.121 e. The molecule has 2 heteroatoms. The van der Waals surface area contributed by atoms with E-state index in [9.17, 15) is 0 Å². The van der Waals surface area contributed by atoms with E-state index in [1.165, 1.54) is 11.1 Å². The molecule has 13 heavy (non-hydrogen) atoms. The Morgan fingerprint density at radius 2 is 2.15 bits per heavy atom. The van der Waals surface area contributed by atoms with Crippen molar-refractivity contribution in [2.75, 3.05) is 7.11 Å². The van der Waals surface area contributed by atoms with E-state index < -0.39 is 0 Å². The zero-order chi connectivity index (χ0) is 9.84. The lowest BCUT2D eigenvalue weighted by atomic mass is 10.0. The lowest BCUT2D eigenvalue weighted by molar-refractivity contribution is 0.411. The fourth-order valence-corrected chi connectivity index (χ4v) is 1.44. The molecule has 72 valence electrons. The molecule has 0 bridgehead atoms. The molecule has 0 aliphatic carbocycles. The second kappa shape index (κ2) is 4.28. The lowest BCUT2D eigenvalue weighted by Crippen LogP contribution is -2.17. The molecular weight excluding hydrogens is 162 g/mol. The molecule has 0 spiro atoms. The average molecular weight is 179 g/mol. The van der Waals surface area contributed by atoms with E-state index >= 15 is 0 Å². The maximum atomic E-state index is 5.71. The van der Waals surface area contributed by atoms with Crippen LogP contribution in [-0.4, -0.2) is 13.2 Å². The number of aryl methyl sites for hydroxylation is 1. The fourth-order valence-electron chi connectivity index (χ4n) is 1.44. The molecule has 0 saturated carbocycles. The highest BCUT2D eigenvalue weighted by Crippen LogP contribution is 2.18. The van der Waals surface area contributed by atoms with Crippen LogP contribution in [0.5, 0.6) is 5.75 Å². The normalized spacial score (nSPS) is 12.6. The second-order valence-corrected chi connectivity index (χ2v) is 3.49. The smallest absolute Gasteiger partial charge is 0.121 e. The van der Waals surface area contributed by atoms with Crippen LogP contribution in [0.4, 0.5) is 0 Å². The highest BCUT2D eigenvalue weighted by molar-refractivity contribution is 5.36. The SMILES string of the molecule is COc1ccc(CC(C)N)cc1C. The van der Waals surface area contributed by atoms with Crippen molar-refractivity contribution in [1.29, 1.82) is 0 Å². The van der Waals surface area contributed by atoms with Crippen LogP contribution in [-0.2, 0) is 6.42 Å². The van der Waals surface area contributed by atoms with Crippen LogP contribution in [0.25, 0.3) is 0 Å². The molecule has 0 saturated heterocycles. The monoisotopic (exact) mass is 179 g/mol. The van der Waals surface area contributed by atoms with E-state index in [0.717, 1.165) is 12.2 Å². The predicted molar refractivity (Wildman–Crippen MR) is 55.1 cm³/mol. The van der Waals surface area contributed by atoms with Gasteiger partial charge in [0.15, 0.2) is 0 Å². The summed E-state index contributed by atoms with van der Waals surface area (Å²) in [6, 6.07) is 6.40. The third-order valence-electron chi connectivity index (χ3n) is 2.02. The minimum absolute atomic E-state index is 0.216. The van der Waals surface area contributed by atoms with Crippen LogP contribution in [0.3, 0.4) is 0 Å². The van der Waals surface area contributed by atoms with Gasteiger partial charge in [0.2, 0.25) is 0 Å². The summed E-state index contributed by atoms with van der Waals surface area (Å²) in [5.41, 5.74) is 8.15. The molecule has 0 aliphatic heterocycles. The van der Waals surface area contributed by atoms with Gasteiger partial charge in [-0.25, -0.2) is 0 Å². The van der Waals surface area contributed by atoms with Crippen LogP contribution in [0.15, 0.2) is 18.2 Å². The first-order valence-corrected chi connectivity index (χ1v) is 4.52. The predicted octanol–water partition coefficient (Wildman–Crippen LogP) is 1.89. The number of hydrogen-bond donors (Lipinski definition) is 1. The highest BCUT2D eigenvalue weighted by Gasteiger charge is 2.01. The Morgan fingerprint density at radius 1 is 1.46 bits per heavy atom. The number of methoxy groups -OCH3 is 1. The van der Waals surface area contributed by atoms with E-state index in [1.54, 1.807) is 7.11 Å². The number of nitrogens with two attached hydrogens (primary N) is 1. The standard InChI is InChI=1S/C11H17NO/c1-8-6-10(7-9(2)12)4-5-11(8)13-3/h4-6,9H,7,12H2,1-3H3. The molecule has 0 amide bonds. The Balaban J connectivity index is 2.83. The van der Waals surface area contributed by atoms with Crippen LogP contribution < -0.4 is 10.5 Å². The fraction of sp³-hybridized carbons (Fsp3) is 0.455. The Hall–Kier alpha value is -1.02. The van der Waals surface area contributed by atoms with Gasteiger partial charge in [0.1, 0.15) is 5.75 Å². The third-order valence-corrected chi connectivity index (χ3v) is 2.02. The van der Waals surface area contributed by atoms with E-state index in [2.05, 4.69) is 12.1 Å². The molecular formula is C11H17NO. The molecule has 0 radical (unpaired) electrons. The molecule has 2 N–H and O–H groups in total. The molecule has 1 atom stereocenters. The quantitative estimate of drug-likeness (QED) is 0.769. The minimum atomic E-state index is 0.216. The molecule has 1 aromatic carbocycles. The summed E-state index contributed by atoms with van der Waals surface area (Å²) in [6.45, 7) is 4.06. The van der Waals surface area contributed by atoms with Crippen molar-refractivity contribution in [2.45, 2.75) is 26.3 Å². The van der Waals surface area contributed by atoms with Crippen LogP contribution in [0.2, 0.25) is 0 Å². The lowest BCUT2D eigenvalue weighted by Gasteiger charge is -2.08. The Labute approximate surface area is 79.7 Å². The first-order chi connectivity index (χ1) is 6.13. The number of rotatable bonds is 3. The molecule has 0 aliphatic rings. The molecule has 0 fully saturated rings. The van der Waals surface area contributed by atoms with E-state index in [-0.39, 0.29) is 6.04 Å². The summed E-state index contributed by atoms with van der Waals surface area (Å²) in [7, 11) is 1.69. The summed E-state index contributed by atoms with van der Waals surface area (Å²) in [5.74, 6) is 0.938. The highest BCUT2D eigenvalue weighted by atomic mass is 16.5. The van der Waals surface area contributed by atoms with E-state index in [1.807, 2.05) is 19.9 Å². The van der Waals surface area contributed by atoms with Gasteiger partial charge in [0.05, 0.1) is 7.11 Å². The largest absolute Gasteiger partial charge is 0.496 e. The molecule has 0 heterocycles. The van der Waals surface area contributed by atoms with Gasteiger partial charge in [-0.2, -0.15) is 0 Å². The van der Waals surface area contributed by atoms with Crippen molar-refractivity contribution >= 4 is 0 Å². The average Bonchev–Trinajstić information content (AvgIpc) is 2.03. The zero-order valence-corrected chi connectivity index (χ0v) is 8.50. The van der Waals surface area contributed by atoms with Gasteiger partial charge in [0.25, 0.3) is 0 Å². The van der Waals surface area contributed by atoms with Crippen molar-refractivity contribution in [2.24, 2.45) is 5.73 Å². The van der Waals surface area contributed by atoms with E-state index in [4.69, 9.17) is 10.5 Å². The van der Waals surface area contributed by atoms with Gasteiger partial charge < -0.3 is 10.5 Å². The van der Waals surface area contributed by atoms with Gasteiger partial charge >= 0.3 is 0 Å². The number of ether oxygens (including phenoxy) is 1. The van der Waals surface area contributed by atoms with Crippen molar-refractivity contribution in [3.8, 4) is 5.75 Å². The molecule has 0 aromatic heterocycles. The van der Waals surface area contributed by atoms with Crippen molar-refractivity contribution in [1.82, 2.24) is 0 Å².